The SMILES string of the molecule is COc1ccc2oc(C(=O)Nc3nn[nH]n3)c(OCC3CCCCCC3)c2c1. The van der Waals surface area contributed by atoms with Crippen molar-refractivity contribution < 1.29 is 18.7 Å². The van der Waals surface area contributed by atoms with Crippen LogP contribution >= 0.6 is 0 Å². The number of aromatic amines is 1. The summed E-state index contributed by atoms with van der Waals surface area (Å²) in [6, 6.07) is 5.35. The van der Waals surface area contributed by atoms with E-state index in [9.17, 15) is 4.79 Å². The first-order valence-corrected chi connectivity index (χ1v) is 9.52. The van der Waals surface area contributed by atoms with Crippen LogP contribution in [0, 0.1) is 5.92 Å². The third-order valence-electron chi connectivity index (χ3n) is 5.06. The molecule has 3 aromatic rings. The van der Waals surface area contributed by atoms with E-state index in [-0.39, 0.29) is 11.7 Å². The van der Waals surface area contributed by atoms with Crippen molar-refractivity contribution in [2.75, 3.05) is 19.0 Å². The fourth-order valence-electron chi connectivity index (χ4n) is 3.58. The van der Waals surface area contributed by atoms with Gasteiger partial charge in [0.15, 0.2) is 5.75 Å². The van der Waals surface area contributed by atoms with Gasteiger partial charge in [-0.1, -0.05) is 30.8 Å². The van der Waals surface area contributed by atoms with Crippen LogP contribution in [0.5, 0.6) is 11.5 Å². The predicted octanol–water partition coefficient (Wildman–Crippen LogP) is 3.56. The molecule has 1 aliphatic rings. The molecule has 148 valence electrons. The minimum Gasteiger partial charge on any atom is -0.497 e. The van der Waals surface area contributed by atoms with Gasteiger partial charge in [0.2, 0.25) is 5.76 Å². The molecule has 4 rings (SSSR count). The summed E-state index contributed by atoms with van der Waals surface area (Å²) in [7, 11) is 1.59. The van der Waals surface area contributed by atoms with Gasteiger partial charge >= 0.3 is 0 Å². The number of nitrogens with one attached hydrogen (secondary N) is 2. The van der Waals surface area contributed by atoms with Crippen molar-refractivity contribution in [1.29, 1.82) is 0 Å². The van der Waals surface area contributed by atoms with Crippen molar-refractivity contribution in [2.45, 2.75) is 38.5 Å². The number of methoxy groups -OCH3 is 1. The van der Waals surface area contributed by atoms with Crippen LogP contribution in [0.4, 0.5) is 5.95 Å². The van der Waals surface area contributed by atoms with Gasteiger partial charge in [-0.15, -0.1) is 5.10 Å². The number of anilines is 1. The van der Waals surface area contributed by atoms with Crippen LogP contribution in [-0.4, -0.2) is 40.2 Å². The van der Waals surface area contributed by atoms with Crippen molar-refractivity contribution in [3.63, 3.8) is 0 Å². The number of amides is 1. The Morgan fingerprint density at radius 3 is 2.82 bits per heavy atom. The Hall–Kier alpha value is -3.10. The van der Waals surface area contributed by atoms with Crippen LogP contribution < -0.4 is 14.8 Å². The second kappa shape index (κ2) is 8.28. The zero-order valence-corrected chi connectivity index (χ0v) is 15.7. The summed E-state index contributed by atoms with van der Waals surface area (Å²) >= 11 is 0. The highest BCUT2D eigenvalue weighted by molar-refractivity contribution is 6.07. The minimum absolute atomic E-state index is 0.0674. The molecule has 0 bridgehead atoms. The van der Waals surface area contributed by atoms with Crippen LogP contribution in [-0.2, 0) is 0 Å². The number of aromatic nitrogens is 4. The number of hydrogen-bond acceptors (Lipinski definition) is 7. The highest BCUT2D eigenvalue weighted by atomic mass is 16.5. The van der Waals surface area contributed by atoms with Gasteiger partial charge in [-0.25, -0.2) is 0 Å². The molecule has 2 N–H and O–H groups in total. The molecule has 0 spiro atoms. The molecule has 1 saturated carbocycles. The molecule has 1 amide bonds. The number of fused-ring (bicyclic) bond motifs is 1. The second-order valence-corrected chi connectivity index (χ2v) is 6.98. The maximum atomic E-state index is 12.7. The zero-order valence-electron chi connectivity index (χ0n) is 15.7. The van der Waals surface area contributed by atoms with Gasteiger partial charge in [-0.2, -0.15) is 5.21 Å². The Labute approximate surface area is 161 Å². The fraction of sp³-hybridized carbons (Fsp3) is 0.474. The lowest BCUT2D eigenvalue weighted by atomic mass is 10.0. The van der Waals surface area contributed by atoms with E-state index >= 15 is 0 Å². The highest BCUT2D eigenvalue weighted by Gasteiger charge is 2.25. The normalized spacial score (nSPS) is 15.3. The molecule has 0 aliphatic heterocycles. The van der Waals surface area contributed by atoms with Crippen molar-refractivity contribution in [3.05, 3.63) is 24.0 Å². The smallest absolute Gasteiger partial charge is 0.297 e. The lowest BCUT2D eigenvalue weighted by Gasteiger charge is -2.15. The van der Waals surface area contributed by atoms with Gasteiger partial charge < -0.3 is 13.9 Å². The van der Waals surface area contributed by atoms with Gasteiger partial charge in [0.1, 0.15) is 11.3 Å². The molecule has 0 saturated heterocycles. The number of ether oxygens (including phenoxy) is 2. The van der Waals surface area contributed by atoms with Gasteiger partial charge in [-0.05, 0) is 42.2 Å². The molecule has 28 heavy (non-hydrogen) atoms. The Morgan fingerprint density at radius 1 is 1.29 bits per heavy atom. The zero-order chi connectivity index (χ0) is 19.3. The van der Waals surface area contributed by atoms with E-state index in [1.54, 1.807) is 19.2 Å². The summed E-state index contributed by atoms with van der Waals surface area (Å²) in [5.41, 5.74) is 0.551. The molecule has 9 nitrogen and oxygen atoms in total. The average molecular weight is 385 g/mol. The van der Waals surface area contributed by atoms with Gasteiger partial charge in [0.25, 0.3) is 11.9 Å². The molecule has 0 radical (unpaired) electrons. The summed E-state index contributed by atoms with van der Waals surface area (Å²) in [5.74, 6) is 1.22. The topological polar surface area (TPSA) is 115 Å². The fourth-order valence-corrected chi connectivity index (χ4v) is 3.58. The number of nitrogens with zero attached hydrogens (tertiary/aromatic N) is 3. The first kappa shape index (κ1) is 18.3. The summed E-state index contributed by atoms with van der Waals surface area (Å²) in [6.07, 6.45) is 7.28. The van der Waals surface area contributed by atoms with Crippen LogP contribution in [0.2, 0.25) is 0 Å². The molecule has 1 aliphatic carbocycles. The van der Waals surface area contributed by atoms with Crippen LogP contribution in [0.15, 0.2) is 22.6 Å². The number of hydrogen-bond donors (Lipinski definition) is 2. The molecule has 2 aromatic heterocycles. The first-order chi connectivity index (χ1) is 13.7. The van der Waals surface area contributed by atoms with Gasteiger partial charge in [0.05, 0.1) is 19.1 Å². The van der Waals surface area contributed by atoms with Crippen molar-refractivity contribution in [1.82, 2.24) is 20.6 Å². The monoisotopic (exact) mass is 385 g/mol. The van der Waals surface area contributed by atoms with Crippen molar-refractivity contribution in [3.8, 4) is 11.5 Å². The number of carbonyl (C=O) groups is 1. The van der Waals surface area contributed by atoms with Gasteiger partial charge in [-0.3, -0.25) is 10.1 Å². The molecule has 1 aromatic carbocycles. The predicted molar refractivity (Wildman–Crippen MR) is 102 cm³/mol. The van der Waals surface area contributed by atoms with Crippen LogP contribution in [0.1, 0.15) is 49.1 Å². The third kappa shape index (κ3) is 3.92. The lowest BCUT2D eigenvalue weighted by Crippen LogP contribution is -2.16. The van der Waals surface area contributed by atoms with E-state index < -0.39 is 5.91 Å². The minimum atomic E-state index is -0.493. The Morgan fingerprint density at radius 2 is 2.11 bits per heavy atom. The Bertz CT molecular complexity index is 929. The summed E-state index contributed by atoms with van der Waals surface area (Å²) in [6.45, 7) is 0.550. The van der Waals surface area contributed by atoms with E-state index in [4.69, 9.17) is 13.9 Å². The number of H-pyrrole nitrogens is 1. The third-order valence-corrected chi connectivity index (χ3v) is 5.06. The first-order valence-electron chi connectivity index (χ1n) is 9.52. The molecular formula is C19H23N5O4. The molecule has 0 unspecified atom stereocenters. The van der Waals surface area contributed by atoms with Crippen LogP contribution in [0.25, 0.3) is 11.0 Å². The maximum Gasteiger partial charge on any atom is 0.297 e. The summed E-state index contributed by atoms with van der Waals surface area (Å²) < 4.78 is 17.3. The molecule has 0 atom stereocenters. The standard InChI is InChI=1S/C19H23N5O4/c1-26-13-8-9-15-14(10-13)16(27-11-12-6-4-2-3-5-7-12)17(28-15)18(25)20-19-21-23-24-22-19/h8-10,12H,2-7,11H2,1H3,(H2,20,21,22,23,24,25). The molecule has 9 heteroatoms. The number of carbonyl (C=O) groups excluding carboxylic acids is 1. The van der Waals surface area contributed by atoms with Gasteiger partial charge in [0, 0.05) is 0 Å². The molecule has 1 fully saturated rings. The lowest BCUT2D eigenvalue weighted by molar-refractivity contribution is 0.0990. The Balaban J connectivity index is 1.63. The second-order valence-electron chi connectivity index (χ2n) is 6.98. The average Bonchev–Trinajstić information content (AvgIpc) is 3.26. The number of furan rings is 1. The summed E-state index contributed by atoms with van der Waals surface area (Å²) in [4.78, 5) is 12.7. The molecular weight excluding hydrogens is 362 g/mol. The van der Waals surface area contributed by atoms with Crippen LogP contribution in [0.3, 0.4) is 0 Å². The van der Waals surface area contributed by atoms with E-state index in [0.717, 1.165) is 12.8 Å². The van der Waals surface area contributed by atoms with Crippen molar-refractivity contribution in [2.24, 2.45) is 5.92 Å². The van der Waals surface area contributed by atoms with E-state index in [0.29, 0.717) is 35.0 Å². The van der Waals surface area contributed by atoms with E-state index in [2.05, 4.69) is 25.9 Å². The Kier molecular flexibility index (Phi) is 5.41. The highest BCUT2D eigenvalue weighted by Crippen LogP contribution is 2.37. The number of tetrazole rings is 1. The van der Waals surface area contributed by atoms with Crippen molar-refractivity contribution >= 4 is 22.8 Å². The maximum absolute atomic E-state index is 12.7. The molecule has 2 heterocycles. The van der Waals surface area contributed by atoms with E-state index in [1.165, 1.54) is 25.7 Å². The largest absolute Gasteiger partial charge is 0.497 e. The van der Waals surface area contributed by atoms with E-state index in [1.807, 2.05) is 6.07 Å². The number of rotatable bonds is 6. The number of benzene rings is 1. The summed E-state index contributed by atoms with van der Waals surface area (Å²) in [5, 5.41) is 16.5. The quantitative estimate of drug-likeness (QED) is 0.623.